The summed E-state index contributed by atoms with van der Waals surface area (Å²) >= 11 is 0. The fourth-order valence-corrected chi connectivity index (χ4v) is 2.29. The number of rotatable bonds is 3. The van der Waals surface area contributed by atoms with E-state index in [0.717, 1.165) is 25.2 Å². The van der Waals surface area contributed by atoms with Gasteiger partial charge in [-0.15, -0.1) is 0 Å². The number of alkyl halides is 4. The minimum absolute atomic E-state index is 0.454. The van der Waals surface area contributed by atoms with E-state index in [1.54, 1.807) is 0 Å². The van der Waals surface area contributed by atoms with E-state index in [2.05, 4.69) is 5.32 Å². The van der Waals surface area contributed by atoms with E-state index in [-0.39, 0.29) is 0 Å². The second kappa shape index (κ2) is 5.88. The lowest BCUT2D eigenvalue weighted by Crippen LogP contribution is -2.45. The second-order valence-electron chi connectivity index (χ2n) is 4.58. The molecule has 0 unspecified atom stereocenters. The van der Waals surface area contributed by atoms with E-state index >= 15 is 0 Å². The summed E-state index contributed by atoms with van der Waals surface area (Å²) in [7, 11) is 0. The average molecular weight is 276 g/mol. The van der Waals surface area contributed by atoms with Crippen molar-refractivity contribution in [1.82, 2.24) is 10.2 Å². The monoisotopic (exact) mass is 276 g/mol. The third-order valence-electron chi connectivity index (χ3n) is 3.36. The van der Waals surface area contributed by atoms with Crippen molar-refractivity contribution in [2.24, 2.45) is 0 Å². The SMILES string of the molecule is FC[C@@H](c1ccc(C(F)(F)F)cc1)N1CCNCC1. The Kier molecular flexibility index (Phi) is 4.42. The van der Waals surface area contributed by atoms with Crippen molar-refractivity contribution in [3.05, 3.63) is 35.4 Å². The highest BCUT2D eigenvalue weighted by atomic mass is 19.4. The molecule has 0 radical (unpaired) electrons. The highest BCUT2D eigenvalue weighted by Crippen LogP contribution is 2.31. The molecule has 0 amide bonds. The van der Waals surface area contributed by atoms with Crippen molar-refractivity contribution >= 4 is 0 Å². The Balaban J connectivity index is 2.14. The number of hydrogen-bond acceptors (Lipinski definition) is 2. The van der Waals surface area contributed by atoms with Gasteiger partial charge in [-0.1, -0.05) is 12.1 Å². The first-order valence-corrected chi connectivity index (χ1v) is 6.20. The van der Waals surface area contributed by atoms with Gasteiger partial charge < -0.3 is 5.32 Å². The summed E-state index contributed by atoms with van der Waals surface area (Å²) in [6.07, 6.45) is -4.35. The van der Waals surface area contributed by atoms with Crippen LogP contribution >= 0.6 is 0 Å². The topological polar surface area (TPSA) is 15.3 Å². The third-order valence-corrected chi connectivity index (χ3v) is 3.36. The highest BCUT2D eigenvalue weighted by Gasteiger charge is 2.30. The molecule has 106 valence electrons. The zero-order valence-corrected chi connectivity index (χ0v) is 10.4. The Morgan fingerprint density at radius 1 is 1.11 bits per heavy atom. The summed E-state index contributed by atoms with van der Waals surface area (Å²) in [6, 6.07) is 4.31. The number of nitrogens with zero attached hydrogens (tertiary/aromatic N) is 1. The van der Waals surface area contributed by atoms with Crippen LogP contribution in [-0.2, 0) is 6.18 Å². The molecule has 0 spiro atoms. The van der Waals surface area contributed by atoms with Gasteiger partial charge in [0.05, 0.1) is 11.6 Å². The van der Waals surface area contributed by atoms with E-state index < -0.39 is 24.5 Å². The molecule has 1 aliphatic rings. The van der Waals surface area contributed by atoms with E-state index in [9.17, 15) is 17.6 Å². The summed E-state index contributed by atoms with van der Waals surface area (Å²) < 4.78 is 50.6. The smallest absolute Gasteiger partial charge is 0.314 e. The summed E-state index contributed by atoms with van der Waals surface area (Å²) in [6.45, 7) is 2.37. The molecule has 1 aliphatic heterocycles. The van der Waals surface area contributed by atoms with Crippen LogP contribution < -0.4 is 5.32 Å². The van der Waals surface area contributed by atoms with E-state index in [4.69, 9.17) is 0 Å². The summed E-state index contributed by atoms with van der Waals surface area (Å²) in [5, 5.41) is 3.16. The Morgan fingerprint density at radius 2 is 1.68 bits per heavy atom. The molecule has 1 aromatic rings. The molecule has 1 saturated heterocycles. The maximum Gasteiger partial charge on any atom is 0.416 e. The van der Waals surface area contributed by atoms with Crippen molar-refractivity contribution in [2.45, 2.75) is 12.2 Å². The molecule has 2 rings (SSSR count). The largest absolute Gasteiger partial charge is 0.416 e. The lowest BCUT2D eigenvalue weighted by Gasteiger charge is -2.33. The van der Waals surface area contributed by atoms with Crippen LogP contribution in [0.2, 0.25) is 0 Å². The average Bonchev–Trinajstić information content (AvgIpc) is 2.40. The van der Waals surface area contributed by atoms with Crippen LogP contribution in [0.25, 0.3) is 0 Å². The van der Waals surface area contributed by atoms with Gasteiger partial charge in [0, 0.05) is 26.2 Å². The van der Waals surface area contributed by atoms with Crippen LogP contribution in [0.5, 0.6) is 0 Å². The molecule has 1 fully saturated rings. The molecule has 0 saturated carbocycles. The molecular weight excluding hydrogens is 260 g/mol. The molecule has 6 heteroatoms. The molecule has 0 aliphatic carbocycles. The van der Waals surface area contributed by atoms with Crippen molar-refractivity contribution in [3.63, 3.8) is 0 Å². The predicted molar refractivity (Wildman–Crippen MR) is 64.6 cm³/mol. The molecular formula is C13H16F4N2. The number of benzene rings is 1. The first-order chi connectivity index (χ1) is 9.02. The molecule has 1 N–H and O–H groups in total. The van der Waals surface area contributed by atoms with Gasteiger partial charge in [0.15, 0.2) is 0 Å². The minimum Gasteiger partial charge on any atom is -0.314 e. The molecule has 2 nitrogen and oxygen atoms in total. The number of nitrogens with one attached hydrogen (secondary N) is 1. The van der Waals surface area contributed by atoms with Crippen LogP contribution in [0.4, 0.5) is 17.6 Å². The van der Waals surface area contributed by atoms with Crippen LogP contribution in [0.3, 0.4) is 0 Å². The number of hydrogen-bond donors (Lipinski definition) is 1. The van der Waals surface area contributed by atoms with Crippen molar-refractivity contribution in [3.8, 4) is 0 Å². The lowest BCUT2D eigenvalue weighted by molar-refractivity contribution is -0.137. The Morgan fingerprint density at radius 3 is 2.16 bits per heavy atom. The molecule has 1 heterocycles. The molecule has 1 atom stereocenters. The van der Waals surface area contributed by atoms with Crippen LogP contribution in [0.1, 0.15) is 17.2 Å². The van der Waals surface area contributed by atoms with Gasteiger partial charge in [-0.3, -0.25) is 4.90 Å². The van der Waals surface area contributed by atoms with Crippen molar-refractivity contribution in [1.29, 1.82) is 0 Å². The predicted octanol–water partition coefficient (Wildman–Crippen LogP) is 2.62. The van der Waals surface area contributed by atoms with Gasteiger partial charge in [-0.2, -0.15) is 13.2 Å². The maximum atomic E-state index is 13.2. The Bertz CT molecular complexity index is 396. The van der Waals surface area contributed by atoms with Gasteiger partial charge in [0.25, 0.3) is 0 Å². The maximum absolute atomic E-state index is 13.2. The summed E-state index contributed by atoms with van der Waals surface area (Å²) in [5.41, 5.74) is -0.105. The van der Waals surface area contributed by atoms with Crippen molar-refractivity contribution < 1.29 is 17.6 Å². The summed E-state index contributed by atoms with van der Waals surface area (Å²) in [4.78, 5) is 1.96. The Labute approximate surface area is 109 Å². The van der Waals surface area contributed by atoms with Crippen LogP contribution in [0.15, 0.2) is 24.3 Å². The fraction of sp³-hybridized carbons (Fsp3) is 0.538. The highest BCUT2D eigenvalue weighted by molar-refractivity contribution is 5.27. The first kappa shape index (κ1) is 14.3. The van der Waals surface area contributed by atoms with E-state index in [1.165, 1.54) is 12.1 Å². The zero-order chi connectivity index (χ0) is 13.9. The van der Waals surface area contributed by atoms with Gasteiger partial charge in [0.2, 0.25) is 0 Å². The van der Waals surface area contributed by atoms with Gasteiger partial charge >= 0.3 is 6.18 Å². The molecule has 0 bridgehead atoms. The molecule has 0 aromatic heterocycles. The zero-order valence-electron chi connectivity index (χ0n) is 10.4. The fourth-order valence-electron chi connectivity index (χ4n) is 2.29. The molecule has 1 aromatic carbocycles. The van der Waals surface area contributed by atoms with Gasteiger partial charge in [0.1, 0.15) is 6.67 Å². The Hall–Kier alpha value is -1.14. The van der Waals surface area contributed by atoms with E-state index in [0.29, 0.717) is 18.7 Å². The number of piperazine rings is 1. The summed E-state index contributed by atoms with van der Waals surface area (Å²) in [5.74, 6) is 0. The minimum atomic E-state index is -4.35. The van der Waals surface area contributed by atoms with Crippen LogP contribution in [0, 0.1) is 0 Å². The quantitative estimate of drug-likeness (QED) is 0.854. The standard InChI is InChI=1S/C13H16F4N2/c14-9-12(19-7-5-18-6-8-19)10-1-3-11(4-2-10)13(15,16)17/h1-4,12,18H,5-9H2/t12-/m0/s1. The number of halogens is 4. The first-order valence-electron chi connectivity index (χ1n) is 6.20. The lowest BCUT2D eigenvalue weighted by atomic mass is 10.0. The van der Waals surface area contributed by atoms with Crippen LogP contribution in [-0.4, -0.2) is 37.8 Å². The van der Waals surface area contributed by atoms with Crippen molar-refractivity contribution in [2.75, 3.05) is 32.9 Å². The molecule has 19 heavy (non-hydrogen) atoms. The second-order valence-corrected chi connectivity index (χ2v) is 4.58. The van der Waals surface area contributed by atoms with Gasteiger partial charge in [-0.25, -0.2) is 4.39 Å². The van der Waals surface area contributed by atoms with Gasteiger partial charge in [-0.05, 0) is 17.7 Å². The third kappa shape index (κ3) is 3.45. The normalized spacial score (nSPS) is 19.4. The van der Waals surface area contributed by atoms with E-state index in [1.807, 2.05) is 4.90 Å².